The third-order valence-corrected chi connectivity index (χ3v) is 3.62. The molecule has 1 fully saturated rings. The second kappa shape index (κ2) is 4.32. The molecule has 1 N–H and O–H groups in total. The first-order chi connectivity index (χ1) is 7.64. The molecular weight excluding hydrogens is 202 g/mol. The van der Waals surface area contributed by atoms with E-state index in [1.165, 1.54) is 5.57 Å². The Hall–Kier alpha value is -1.25. The van der Waals surface area contributed by atoms with Gasteiger partial charge in [-0.2, -0.15) is 0 Å². The van der Waals surface area contributed by atoms with Crippen LogP contribution in [-0.4, -0.2) is 17.7 Å². The molecule has 2 rings (SSSR count). The van der Waals surface area contributed by atoms with Crippen LogP contribution in [0, 0.1) is 0 Å². The zero-order valence-electron chi connectivity index (χ0n) is 9.95. The highest BCUT2D eigenvalue weighted by molar-refractivity contribution is 5.71. The van der Waals surface area contributed by atoms with Crippen molar-refractivity contribution < 1.29 is 9.53 Å². The van der Waals surface area contributed by atoms with E-state index in [0.717, 1.165) is 25.7 Å². The quantitative estimate of drug-likeness (QED) is 0.795. The van der Waals surface area contributed by atoms with E-state index in [-0.39, 0.29) is 17.7 Å². The van der Waals surface area contributed by atoms with Crippen LogP contribution in [-0.2, 0) is 4.74 Å². The van der Waals surface area contributed by atoms with Crippen LogP contribution in [0.5, 0.6) is 0 Å². The standard InChI is InChI=1S/C13H19NO2/c1-3-13(2)11(14-12(15)16-13)9-10-7-5-4-6-8-10/h4-5,7,11H,3,6,8-9H2,1-2H3,(H,14,15). The van der Waals surface area contributed by atoms with Crippen molar-refractivity contribution in [1.29, 1.82) is 0 Å². The van der Waals surface area contributed by atoms with Crippen LogP contribution in [0.15, 0.2) is 23.8 Å². The number of nitrogens with one attached hydrogen (secondary N) is 1. The lowest BCUT2D eigenvalue weighted by Crippen LogP contribution is -2.40. The van der Waals surface area contributed by atoms with Crippen molar-refractivity contribution >= 4 is 6.09 Å². The summed E-state index contributed by atoms with van der Waals surface area (Å²) in [5.41, 5.74) is 1.05. The summed E-state index contributed by atoms with van der Waals surface area (Å²) in [4.78, 5) is 11.3. The molecule has 1 saturated heterocycles. The summed E-state index contributed by atoms with van der Waals surface area (Å²) < 4.78 is 5.36. The van der Waals surface area contributed by atoms with Crippen molar-refractivity contribution in [3.05, 3.63) is 23.8 Å². The van der Waals surface area contributed by atoms with Gasteiger partial charge in [-0.05, 0) is 32.6 Å². The van der Waals surface area contributed by atoms with Gasteiger partial charge in [-0.1, -0.05) is 30.7 Å². The molecule has 16 heavy (non-hydrogen) atoms. The average molecular weight is 221 g/mol. The average Bonchev–Trinajstić information content (AvgIpc) is 2.56. The van der Waals surface area contributed by atoms with Gasteiger partial charge in [-0.15, -0.1) is 0 Å². The van der Waals surface area contributed by atoms with Crippen LogP contribution in [0.25, 0.3) is 0 Å². The molecular formula is C13H19NO2. The zero-order valence-corrected chi connectivity index (χ0v) is 9.95. The monoisotopic (exact) mass is 221 g/mol. The highest BCUT2D eigenvalue weighted by atomic mass is 16.6. The molecule has 1 aliphatic carbocycles. The molecule has 0 aromatic rings. The lowest BCUT2D eigenvalue weighted by molar-refractivity contribution is 0.0489. The van der Waals surface area contributed by atoms with Crippen molar-refractivity contribution in [2.75, 3.05) is 0 Å². The highest BCUT2D eigenvalue weighted by Crippen LogP contribution is 2.31. The second-order valence-corrected chi connectivity index (χ2v) is 4.75. The van der Waals surface area contributed by atoms with Crippen LogP contribution in [0.2, 0.25) is 0 Å². The molecule has 1 amide bonds. The van der Waals surface area contributed by atoms with Gasteiger partial charge in [0, 0.05) is 0 Å². The van der Waals surface area contributed by atoms with Crippen LogP contribution < -0.4 is 5.32 Å². The first-order valence-electron chi connectivity index (χ1n) is 5.98. The molecule has 3 nitrogen and oxygen atoms in total. The number of alkyl carbamates (subject to hydrolysis) is 1. The summed E-state index contributed by atoms with van der Waals surface area (Å²) in [5.74, 6) is 0. The van der Waals surface area contributed by atoms with E-state index in [2.05, 4.69) is 30.5 Å². The van der Waals surface area contributed by atoms with Gasteiger partial charge in [0.05, 0.1) is 6.04 Å². The van der Waals surface area contributed by atoms with Crippen molar-refractivity contribution in [3.63, 3.8) is 0 Å². The van der Waals surface area contributed by atoms with Gasteiger partial charge in [0.1, 0.15) is 5.60 Å². The molecule has 88 valence electrons. The summed E-state index contributed by atoms with van der Waals surface area (Å²) in [5, 5.41) is 2.92. The molecule has 1 heterocycles. The minimum Gasteiger partial charge on any atom is -0.441 e. The first-order valence-corrected chi connectivity index (χ1v) is 5.98. The normalized spacial score (nSPS) is 33.2. The van der Waals surface area contributed by atoms with E-state index >= 15 is 0 Å². The van der Waals surface area contributed by atoms with E-state index in [4.69, 9.17) is 4.74 Å². The number of carbonyl (C=O) groups excluding carboxylic acids is 1. The molecule has 0 spiro atoms. The van der Waals surface area contributed by atoms with Crippen LogP contribution in [0.1, 0.15) is 39.5 Å². The predicted octanol–water partition coefficient (Wildman–Crippen LogP) is 2.93. The predicted molar refractivity (Wildman–Crippen MR) is 63.2 cm³/mol. The molecule has 0 saturated carbocycles. The summed E-state index contributed by atoms with van der Waals surface area (Å²) in [6, 6.07) is 0.114. The van der Waals surface area contributed by atoms with E-state index in [1.54, 1.807) is 0 Å². The fourth-order valence-electron chi connectivity index (χ4n) is 2.28. The Balaban J connectivity index is 2.06. The number of ether oxygens (including phenoxy) is 1. The number of amides is 1. The Morgan fingerprint density at radius 2 is 2.44 bits per heavy atom. The van der Waals surface area contributed by atoms with Crippen molar-refractivity contribution in [1.82, 2.24) is 5.32 Å². The number of carbonyl (C=O) groups is 1. The molecule has 2 aliphatic rings. The van der Waals surface area contributed by atoms with E-state index in [1.807, 2.05) is 6.92 Å². The van der Waals surface area contributed by atoms with E-state index in [9.17, 15) is 4.79 Å². The summed E-state index contributed by atoms with van der Waals surface area (Å²) >= 11 is 0. The summed E-state index contributed by atoms with van der Waals surface area (Å²) in [7, 11) is 0. The van der Waals surface area contributed by atoms with Crippen molar-refractivity contribution in [3.8, 4) is 0 Å². The SMILES string of the molecule is CCC1(C)OC(=O)NC1CC1=CC=CCC1. The van der Waals surface area contributed by atoms with E-state index < -0.39 is 0 Å². The number of cyclic esters (lactones) is 1. The van der Waals surface area contributed by atoms with Gasteiger partial charge in [0.2, 0.25) is 0 Å². The third kappa shape index (κ3) is 2.13. The fourth-order valence-corrected chi connectivity index (χ4v) is 2.28. The molecule has 0 radical (unpaired) electrons. The number of allylic oxidation sites excluding steroid dienone is 3. The minimum atomic E-state index is -0.348. The zero-order chi connectivity index (χ0) is 11.6. The Morgan fingerprint density at radius 3 is 3.06 bits per heavy atom. The number of hydrogen-bond donors (Lipinski definition) is 1. The Morgan fingerprint density at radius 1 is 1.62 bits per heavy atom. The Labute approximate surface area is 96.6 Å². The van der Waals surface area contributed by atoms with Gasteiger partial charge >= 0.3 is 6.09 Å². The molecule has 0 bridgehead atoms. The maximum atomic E-state index is 11.3. The maximum Gasteiger partial charge on any atom is 0.408 e. The highest BCUT2D eigenvalue weighted by Gasteiger charge is 2.43. The summed E-state index contributed by atoms with van der Waals surface area (Å²) in [6.07, 6.45) is 10.1. The van der Waals surface area contributed by atoms with Crippen LogP contribution in [0.4, 0.5) is 4.79 Å². The molecule has 0 aromatic heterocycles. The smallest absolute Gasteiger partial charge is 0.408 e. The Bertz CT molecular complexity index is 346. The summed E-state index contributed by atoms with van der Waals surface area (Å²) in [6.45, 7) is 4.07. The maximum absolute atomic E-state index is 11.3. The minimum absolute atomic E-state index is 0.114. The number of rotatable bonds is 3. The lowest BCUT2D eigenvalue weighted by Gasteiger charge is -2.28. The van der Waals surface area contributed by atoms with Gasteiger partial charge in [0.25, 0.3) is 0 Å². The lowest BCUT2D eigenvalue weighted by atomic mass is 9.87. The van der Waals surface area contributed by atoms with Crippen LogP contribution in [0.3, 0.4) is 0 Å². The third-order valence-electron chi connectivity index (χ3n) is 3.62. The van der Waals surface area contributed by atoms with Gasteiger partial charge < -0.3 is 10.1 Å². The van der Waals surface area contributed by atoms with Crippen LogP contribution >= 0.6 is 0 Å². The first kappa shape index (κ1) is 11.2. The topological polar surface area (TPSA) is 38.3 Å². The van der Waals surface area contributed by atoms with Gasteiger partial charge in [0.15, 0.2) is 0 Å². The molecule has 2 atom stereocenters. The molecule has 3 heteroatoms. The second-order valence-electron chi connectivity index (χ2n) is 4.75. The number of hydrogen-bond acceptors (Lipinski definition) is 2. The van der Waals surface area contributed by atoms with Gasteiger partial charge in [-0.3, -0.25) is 0 Å². The van der Waals surface area contributed by atoms with Gasteiger partial charge in [-0.25, -0.2) is 4.79 Å². The Kier molecular flexibility index (Phi) is 3.03. The molecule has 1 aliphatic heterocycles. The largest absolute Gasteiger partial charge is 0.441 e. The molecule has 0 aromatic carbocycles. The van der Waals surface area contributed by atoms with E-state index in [0.29, 0.717) is 0 Å². The fraction of sp³-hybridized carbons (Fsp3) is 0.615. The van der Waals surface area contributed by atoms with Crippen molar-refractivity contribution in [2.45, 2.75) is 51.2 Å². The molecule has 2 unspecified atom stereocenters. The van der Waals surface area contributed by atoms with Crippen molar-refractivity contribution in [2.24, 2.45) is 0 Å².